The maximum absolute atomic E-state index is 13.8. The predicted octanol–water partition coefficient (Wildman–Crippen LogP) is 5.37. The summed E-state index contributed by atoms with van der Waals surface area (Å²) in [5.74, 6) is -0.280. The van der Waals surface area contributed by atoms with Crippen LogP contribution in [0.5, 0.6) is 0 Å². The molecule has 0 saturated carbocycles. The molecule has 0 aliphatic heterocycles. The van der Waals surface area contributed by atoms with Crippen LogP contribution >= 0.6 is 0 Å². The van der Waals surface area contributed by atoms with Gasteiger partial charge in [-0.05, 0) is 42.0 Å². The van der Waals surface area contributed by atoms with Gasteiger partial charge < -0.3 is 4.98 Å². The van der Waals surface area contributed by atoms with Crippen LogP contribution in [0.4, 0.5) is 4.39 Å². The van der Waals surface area contributed by atoms with E-state index < -0.39 is 0 Å². The molecule has 31 heavy (non-hydrogen) atoms. The average molecular weight is 406 g/mol. The Morgan fingerprint density at radius 2 is 1.74 bits per heavy atom. The van der Waals surface area contributed by atoms with E-state index in [1.165, 1.54) is 12.1 Å². The van der Waals surface area contributed by atoms with E-state index in [-0.39, 0.29) is 5.82 Å². The first-order chi connectivity index (χ1) is 15.3. The molecule has 0 fully saturated rings. The number of pyridine rings is 3. The van der Waals surface area contributed by atoms with Crippen molar-refractivity contribution in [1.82, 2.24) is 30.1 Å². The molecule has 5 heterocycles. The van der Waals surface area contributed by atoms with Gasteiger partial charge in [-0.1, -0.05) is 18.2 Å². The first kappa shape index (κ1) is 17.5. The van der Waals surface area contributed by atoms with E-state index in [9.17, 15) is 4.39 Å². The third kappa shape index (κ3) is 2.95. The molecule has 0 atom stereocenters. The molecule has 0 spiro atoms. The van der Waals surface area contributed by atoms with Crippen molar-refractivity contribution in [2.24, 2.45) is 0 Å². The average Bonchev–Trinajstić information content (AvgIpc) is 3.43. The van der Waals surface area contributed by atoms with Crippen LogP contribution in [0.25, 0.3) is 55.7 Å². The monoisotopic (exact) mass is 406 g/mol. The molecule has 0 bridgehead atoms. The molecular formula is C24H15FN6. The lowest BCUT2D eigenvalue weighted by molar-refractivity contribution is 0.628. The first-order valence-corrected chi connectivity index (χ1v) is 9.75. The number of hydrogen-bond donors (Lipinski definition) is 2. The van der Waals surface area contributed by atoms with Crippen molar-refractivity contribution >= 4 is 21.8 Å². The highest BCUT2D eigenvalue weighted by atomic mass is 19.1. The van der Waals surface area contributed by atoms with E-state index in [1.807, 2.05) is 36.4 Å². The maximum atomic E-state index is 13.8. The van der Waals surface area contributed by atoms with Gasteiger partial charge in [0.2, 0.25) is 0 Å². The molecule has 6 nitrogen and oxygen atoms in total. The standard InChI is InChI=1S/C24H15FN6/c25-15-5-3-4-14(8-15)18-11-26-12-22-16(18)9-21(29-22)24-17-10-20(19-6-1-2-7-27-19)28-13-23(17)30-31-24/h1-13,29H,(H,30,31). The normalized spacial score (nSPS) is 11.4. The third-order valence-corrected chi connectivity index (χ3v) is 5.31. The van der Waals surface area contributed by atoms with Gasteiger partial charge in [0.25, 0.3) is 0 Å². The first-order valence-electron chi connectivity index (χ1n) is 9.75. The minimum absolute atomic E-state index is 0.280. The molecule has 0 unspecified atom stereocenters. The maximum Gasteiger partial charge on any atom is 0.123 e. The van der Waals surface area contributed by atoms with Gasteiger partial charge in [-0.25, -0.2) is 4.39 Å². The van der Waals surface area contributed by atoms with Gasteiger partial charge >= 0.3 is 0 Å². The van der Waals surface area contributed by atoms with Crippen LogP contribution in [0.15, 0.2) is 79.4 Å². The Labute approximate surface area is 175 Å². The lowest BCUT2D eigenvalue weighted by atomic mass is 10.0. The fourth-order valence-electron chi connectivity index (χ4n) is 3.84. The fourth-order valence-corrected chi connectivity index (χ4v) is 3.84. The minimum Gasteiger partial charge on any atom is -0.352 e. The van der Waals surface area contributed by atoms with Crippen LogP contribution in [-0.2, 0) is 0 Å². The smallest absolute Gasteiger partial charge is 0.123 e. The summed E-state index contributed by atoms with van der Waals surface area (Å²) >= 11 is 0. The number of nitrogens with one attached hydrogen (secondary N) is 2. The number of aromatic amines is 2. The molecule has 2 N–H and O–H groups in total. The van der Waals surface area contributed by atoms with Gasteiger partial charge in [-0.3, -0.25) is 20.1 Å². The number of rotatable bonds is 3. The van der Waals surface area contributed by atoms with E-state index >= 15 is 0 Å². The zero-order valence-corrected chi connectivity index (χ0v) is 16.2. The number of halogens is 1. The Hall–Kier alpha value is -4.39. The van der Waals surface area contributed by atoms with Crippen molar-refractivity contribution in [2.45, 2.75) is 0 Å². The molecule has 148 valence electrons. The van der Waals surface area contributed by atoms with E-state index in [4.69, 9.17) is 0 Å². The fraction of sp³-hybridized carbons (Fsp3) is 0. The van der Waals surface area contributed by atoms with Crippen LogP contribution in [0, 0.1) is 5.82 Å². The number of benzene rings is 1. The molecule has 6 rings (SSSR count). The van der Waals surface area contributed by atoms with E-state index in [0.29, 0.717) is 0 Å². The molecule has 0 amide bonds. The highest BCUT2D eigenvalue weighted by Gasteiger charge is 2.15. The predicted molar refractivity (Wildman–Crippen MR) is 118 cm³/mol. The third-order valence-electron chi connectivity index (χ3n) is 5.31. The van der Waals surface area contributed by atoms with Crippen LogP contribution in [-0.4, -0.2) is 30.1 Å². The summed E-state index contributed by atoms with van der Waals surface area (Å²) in [6, 6.07) is 16.3. The van der Waals surface area contributed by atoms with Gasteiger partial charge in [-0.2, -0.15) is 5.10 Å². The van der Waals surface area contributed by atoms with Crippen LogP contribution in [0.3, 0.4) is 0 Å². The van der Waals surface area contributed by atoms with Crippen molar-refractivity contribution in [3.63, 3.8) is 0 Å². The van der Waals surface area contributed by atoms with Gasteiger partial charge in [0.15, 0.2) is 0 Å². The second kappa shape index (κ2) is 6.84. The van der Waals surface area contributed by atoms with E-state index in [2.05, 4.69) is 30.1 Å². The molecule has 7 heteroatoms. The summed E-state index contributed by atoms with van der Waals surface area (Å²) in [5, 5.41) is 9.44. The molecular weight excluding hydrogens is 391 g/mol. The summed E-state index contributed by atoms with van der Waals surface area (Å²) in [6.45, 7) is 0. The second-order valence-corrected chi connectivity index (χ2v) is 7.24. The van der Waals surface area contributed by atoms with Crippen molar-refractivity contribution in [3.05, 3.63) is 85.2 Å². The topological polar surface area (TPSA) is 83.1 Å². The molecule has 5 aromatic heterocycles. The zero-order valence-electron chi connectivity index (χ0n) is 16.2. The van der Waals surface area contributed by atoms with Crippen molar-refractivity contribution in [1.29, 1.82) is 0 Å². The summed E-state index contributed by atoms with van der Waals surface area (Å²) in [4.78, 5) is 16.6. The quantitative estimate of drug-likeness (QED) is 0.414. The van der Waals surface area contributed by atoms with Gasteiger partial charge in [0, 0.05) is 28.7 Å². The number of fused-ring (bicyclic) bond motifs is 2. The molecule has 0 radical (unpaired) electrons. The summed E-state index contributed by atoms with van der Waals surface area (Å²) in [7, 11) is 0. The SMILES string of the molecule is Fc1cccc(-c2cncc3[nH]c(-c4n[nH]c5cnc(-c6ccccn6)cc45)cc23)c1. The highest BCUT2D eigenvalue weighted by Crippen LogP contribution is 2.34. The summed E-state index contributed by atoms with van der Waals surface area (Å²) in [6.07, 6.45) is 7.02. The van der Waals surface area contributed by atoms with Gasteiger partial charge in [-0.15, -0.1) is 0 Å². The molecule has 0 saturated heterocycles. The summed E-state index contributed by atoms with van der Waals surface area (Å²) < 4.78 is 13.8. The van der Waals surface area contributed by atoms with Crippen LogP contribution < -0.4 is 0 Å². The molecule has 6 aromatic rings. The largest absolute Gasteiger partial charge is 0.352 e. The van der Waals surface area contributed by atoms with Crippen LogP contribution in [0.1, 0.15) is 0 Å². The Morgan fingerprint density at radius 1 is 0.774 bits per heavy atom. The minimum atomic E-state index is -0.280. The second-order valence-electron chi connectivity index (χ2n) is 7.24. The molecule has 0 aliphatic rings. The van der Waals surface area contributed by atoms with Crippen molar-refractivity contribution in [3.8, 4) is 33.9 Å². The van der Waals surface area contributed by atoms with Crippen LogP contribution in [0.2, 0.25) is 0 Å². The van der Waals surface area contributed by atoms with Gasteiger partial charge in [0.1, 0.15) is 11.5 Å². The Kier molecular flexibility index (Phi) is 3.86. The molecule has 1 aromatic carbocycles. The number of H-pyrrole nitrogens is 2. The van der Waals surface area contributed by atoms with Gasteiger partial charge in [0.05, 0.1) is 40.5 Å². The lowest BCUT2D eigenvalue weighted by Crippen LogP contribution is -1.86. The Balaban J connectivity index is 1.52. The number of aromatic nitrogens is 6. The number of nitrogens with zero attached hydrogens (tertiary/aromatic N) is 4. The molecule has 0 aliphatic carbocycles. The Morgan fingerprint density at radius 3 is 2.61 bits per heavy atom. The zero-order chi connectivity index (χ0) is 20.8. The van der Waals surface area contributed by atoms with E-state index in [1.54, 1.807) is 30.9 Å². The summed E-state index contributed by atoms with van der Waals surface area (Å²) in [5.41, 5.74) is 6.50. The van der Waals surface area contributed by atoms with E-state index in [0.717, 1.165) is 55.7 Å². The Bertz CT molecular complexity index is 1550. The van der Waals surface area contributed by atoms with Crippen molar-refractivity contribution < 1.29 is 4.39 Å². The highest BCUT2D eigenvalue weighted by molar-refractivity contribution is 6.00. The lowest BCUT2D eigenvalue weighted by Gasteiger charge is -2.02. The number of hydrogen-bond acceptors (Lipinski definition) is 4. The van der Waals surface area contributed by atoms with Crippen molar-refractivity contribution in [2.75, 3.05) is 0 Å².